The van der Waals surface area contributed by atoms with Crippen molar-refractivity contribution in [1.29, 1.82) is 0 Å². The van der Waals surface area contributed by atoms with Gasteiger partial charge in [0.15, 0.2) is 0 Å². The van der Waals surface area contributed by atoms with E-state index >= 15 is 0 Å². The Morgan fingerprint density at radius 1 is 1.26 bits per heavy atom. The van der Waals surface area contributed by atoms with Crippen LogP contribution in [0.15, 0.2) is 30.5 Å². The van der Waals surface area contributed by atoms with Crippen molar-refractivity contribution in [2.45, 2.75) is 6.54 Å². The Morgan fingerprint density at radius 3 is 2.84 bits per heavy atom. The molecule has 0 amide bonds. The Kier molecular flexibility index (Phi) is 4.48. The average molecular weight is 264 g/mol. The molecule has 6 nitrogen and oxygen atoms in total. The molecule has 0 fully saturated rings. The Labute approximate surface area is 110 Å². The molecule has 0 atom stereocenters. The third-order valence-corrected chi connectivity index (χ3v) is 2.87. The molecule has 0 saturated carbocycles. The van der Waals surface area contributed by atoms with Gasteiger partial charge in [-0.25, -0.2) is 0 Å². The molecule has 0 spiro atoms. The number of aromatic nitrogens is 1. The van der Waals surface area contributed by atoms with E-state index < -0.39 is 0 Å². The predicted molar refractivity (Wildman–Crippen MR) is 71.3 cm³/mol. The van der Waals surface area contributed by atoms with Crippen LogP contribution in [-0.2, 0) is 16.0 Å². The molecule has 102 valence electrons. The highest BCUT2D eigenvalue weighted by atomic mass is 16.6. The monoisotopic (exact) mass is 264 g/mol. The highest BCUT2D eigenvalue weighted by molar-refractivity contribution is 5.88. The van der Waals surface area contributed by atoms with Crippen molar-refractivity contribution in [2.75, 3.05) is 26.9 Å². The molecule has 2 aromatic rings. The summed E-state index contributed by atoms with van der Waals surface area (Å²) in [6, 6.07) is 6.95. The van der Waals surface area contributed by atoms with Gasteiger partial charge in [0, 0.05) is 31.3 Å². The van der Waals surface area contributed by atoms with Crippen molar-refractivity contribution in [3.63, 3.8) is 0 Å². The van der Waals surface area contributed by atoms with Crippen LogP contribution in [0.3, 0.4) is 0 Å². The number of methoxy groups -OCH3 is 1. The van der Waals surface area contributed by atoms with Gasteiger partial charge in [-0.15, -0.1) is 0 Å². The first-order valence-electron chi connectivity index (χ1n) is 6.03. The van der Waals surface area contributed by atoms with Gasteiger partial charge in [-0.1, -0.05) is 12.1 Å². The van der Waals surface area contributed by atoms with Gasteiger partial charge in [-0.3, -0.25) is 10.1 Å². The van der Waals surface area contributed by atoms with Gasteiger partial charge in [-0.05, 0) is 6.07 Å². The summed E-state index contributed by atoms with van der Waals surface area (Å²) in [6.07, 6.45) is 1.84. The Balaban J connectivity index is 2.12. The van der Waals surface area contributed by atoms with Crippen LogP contribution >= 0.6 is 0 Å². The number of rotatable bonds is 7. The van der Waals surface area contributed by atoms with Crippen molar-refractivity contribution >= 4 is 16.6 Å². The summed E-state index contributed by atoms with van der Waals surface area (Å²) in [5.41, 5.74) is 0.766. The lowest BCUT2D eigenvalue weighted by Crippen LogP contribution is -2.09. The van der Waals surface area contributed by atoms with Crippen LogP contribution in [0.2, 0.25) is 0 Å². The molecule has 0 aliphatic carbocycles. The number of nitro groups is 1. The van der Waals surface area contributed by atoms with Gasteiger partial charge in [0.1, 0.15) is 5.52 Å². The van der Waals surface area contributed by atoms with Crippen LogP contribution in [0, 0.1) is 10.1 Å². The molecule has 0 unspecified atom stereocenters. The third kappa shape index (κ3) is 3.10. The maximum Gasteiger partial charge on any atom is 0.293 e. The number of hydrogen-bond donors (Lipinski definition) is 0. The predicted octanol–water partition coefficient (Wildman–Crippen LogP) is 2.21. The van der Waals surface area contributed by atoms with E-state index in [9.17, 15) is 10.1 Å². The molecule has 19 heavy (non-hydrogen) atoms. The molecule has 2 rings (SSSR count). The zero-order valence-corrected chi connectivity index (χ0v) is 10.7. The first-order chi connectivity index (χ1) is 9.24. The smallest absolute Gasteiger partial charge is 0.293 e. The van der Waals surface area contributed by atoms with E-state index in [-0.39, 0.29) is 10.6 Å². The lowest BCUT2D eigenvalue weighted by Gasteiger charge is -2.06. The van der Waals surface area contributed by atoms with E-state index in [0.29, 0.717) is 31.9 Å². The molecule has 1 aromatic carbocycles. The van der Waals surface area contributed by atoms with E-state index in [1.54, 1.807) is 13.2 Å². The quantitative estimate of drug-likeness (QED) is 0.437. The van der Waals surface area contributed by atoms with Crippen LogP contribution in [0.25, 0.3) is 10.9 Å². The largest absolute Gasteiger partial charge is 0.382 e. The number of nitrogens with zero attached hydrogens (tertiary/aromatic N) is 2. The molecule has 0 bridgehead atoms. The molecule has 1 aromatic heterocycles. The number of fused-ring (bicyclic) bond motifs is 1. The SMILES string of the molecule is COCCOCCn1ccc2cccc([N+](=O)[O-])c21. The summed E-state index contributed by atoms with van der Waals surface area (Å²) in [6.45, 7) is 2.15. The molecule has 0 aliphatic heterocycles. The number of nitro benzene ring substituents is 1. The summed E-state index contributed by atoms with van der Waals surface area (Å²) in [7, 11) is 1.62. The first-order valence-corrected chi connectivity index (χ1v) is 6.03. The second-order valence-electron chi connectivity index (χ2n) is 4.09. The number of para-hydroxylation sites is 1. The molecule has 0 N–H and O–H groups in total. The minimum absolute atomic E-state index is 0.124. The zero-order valence-electron chi connectivity index (χ0n) is 10.7. The van der Waals surface area contributed by atoms with E-state index in [1.165, 1.54) is 6.07 Å². The van der Waals surface area contributed by atoms with Crippen LogP contribution in [0.5, 0.6) is 0 Å². The van der Waals surface area contributed by atoms with Crippen molar-refractivity contribution in [2.24, 2.45) is 0 Å². The summed E-state index contributed by atoms with van der Waals surface area (Å²) in [5, 5.41) is 11.9. The topological polar surface area (TPSA) is 66.5 Å². The molecule has 0 saturated heterocycles. The van der Waals surface area contributed by atoms with Gasteiger partial charge < -0.3 is 14.0 Å². The number of benzene rings is 1. The minimum Gasteiger partial charge on any atom is -0.382 e. The lowest BCUT2D eigenvalue weighted by molar-refractivity contribution is -0.383. The second kappa shape index (κ2) is 6.31. The number of ether oxygens (including phenoxy) is 2. The molecule has 0 radical (unpaired) electrons. The van der Waals surface area contributed by atoms with Gasteiger partial charge in [0.2, 0.25) is 0 Å². The van der Waals surface area contributed by atoms with Crippen LogP contribution < -0.4 is 0 Å². The second-order valence-corrected chi connectivity index (χ2v) is 4.09. The van der Waals surface area contributed by atoms with E-state index in [2.05, 4.69) is 0 Å². The molecule has 1 heterocycles. The van der Waals surface area contributed by atoms with Gasteiger partial charge in [0.05, 0.1) is 24.7 Å². The lowest BCUT2D eigenvalue weighted by atomic mass is 10.2. The molecule has 6 heteroatoms. The maximum absolute atomic E-state index is 11.0. The van der Waals surface area contributed by atoms with Crippen molar-refractivity contribution in [3.8, 4) is 0 Å². The van der Waals surface area contributed by atoms with Gasteiger partial charge >= 0.3 is 0 Å². The third-order valence-electron chi connectivity index (χ3n) is 2.87. The van der Waals surface area contributed by atoms with Crippen LogP contribution in [0.4, 0.5) is 5.69 Å². The highest BCUT2D eigenvalue weighted by Gasteiger charge is 2.14. The minimum atomic E-state index is -0.357. The maximum atomic E-state index is 11.0. The standard InChI is InChI=1S/C13H16N2O4/c1-18-9-10-19-8-7-14-6-5-11-3-2-4-12(13(11)14)15(16)17/h2-6H,7-10H2,1H3. The van der Waals surface area contributed by atoms with E-state index in [1.807, 2.05) is 22.9 Å². The summed E-state index contributed by atoms with van der Waals surface area (Å²) in [5.74, 6) is 0. The molecular formula is C13H16N2O4. The molecular weight excluding hydrogens is 248 g/mol. The summed E-state index contributed by atoms with van der Waals surface area (Å²) >= 11 is 0. The molecule has 0 aliphatic rings. The van der Waals surface area contributed by atoms with E-state index in [0.717, 1.165) is 5.39 Å². The zero-order chi connectivity index (χ0) is 13.7. The fraction of sp³-hybridized carbons (Fsp3) is 0.385. The Hall–Kier alpha value is -1.92. The summed E-state index contributed by atoms with van der Waals surface area (Å²) < 4.78 is 12.1. The Bertz CT molecular complexity index is 565. The van der Waals surface area contributed by atoms with Crippen molar-refractivity contribution in [1.82, 2.24) is 4.57 Å². The van der Waals surface area contributed by atoms with Crippen LogP contribution in [-0.4, -0.2) is 36.4 Å². The number of hydrogen-bond acceptors (Lipinski definition) is 4. The number of non-ortho nitro benzene ring substituents is 1. The Morgan fingerprint density at radius 2 is 2.11 bits per heavy atom. The van der Waals surface area contributed by atoms with E-state index in [4.69, 9.17) is 9.47 Å². The fourth-order valence-corrected chi connectivity index (χ4v) is 1.98. The fourth-order valence-electron chi connectivity index (χ4n) is 1.98. The van der Waals surface area contributed by atoms with Gasteiger partial charge in [-0.2, -0.15) is 0 Å². The first kappa shape index (κ1) is 13.5. The van der Waals surface area contributed by atoms with Crippen molar-refractivity contribution in [3.05, 3.63) is 40.6 Å². The van der Waals surface area contributed by atoms with Crippen molar-refractivity contribution < 1.29 is 14.4 Å². The van der Waals surface area contributed by atoms with Crippen LogP contribution in [0.1, 0.15) is 0 Å². The highest BCUT2D eigenvalue weighted by Crippen LogP contribution is 2.26. The average Bonchev–Trinajstić information content (AvgIpc) is 2.81. The summed E-state index contributed by atoms with van der Waals surface area (Å²) in [4.78, 5) is 10.7. The normalized spacial score (nSPS) is 11.0. The van der Waals surface area contributed by atoms with Gasteiger partial charge in [0.25, 0.3) is 5.69 Å².